The van der Waals surface area contributed by atoms with Crippen LogP contribution in [0.4, 0.5) is 0 Å². The zero-order chi connectivity index (χ0) is 19.2. The molecular weight excluding hydrogens is 501 g/mol. The Kier molecular flexibility index (Phi) is 9.45. The van der Waals surface area contributed by atoms with Crippen molar-refractivity contribution >= 4 is 41.3 Å². The van der Waals surface area contributed by atoms with Crippen molar-refractivity contribution in [1.29, 1.82) is 0 Å². The van der Waals surface area contributed by atoms with Crippen LogP contribution in [0.1, 0.15) is 23.8 Å². The van der Waals surface area contributed by atoms with Gasteiger partial charge >= 0.3 is 0 Å². The molecule has 164 valence electrons. The van der Waals surface area contributed by atoms with Crippen LogP contribution in [0, 0.1) is 0 Å². The number of thiophene rings is 1. The minimum absolute atomic E-state index is 0. The van der Waals surface area contributed by atoms with Crippen LogP contribution >= 0.6 is 35.3 Å². The van der Waals surface area contributed by atoms with E-state index in [4.69, 9.17) is 9.47 Å². The molecule has 7 nitrogen and oxygen atoms in total. The highest BCUT2D eigenvalue weighted by atomic mass is 127. The second-order valence-corrected chi connectivity index (χ2v) is 8.74. The number of morpholine rings is 2. The third-order valence-corrected chi connectivity index (χ3v) is 6.98. The van der Waals surface area contributed by atoms with Gasteiger partial charge in [-0.25, -0.2) is 0 Å². The zero-order valence-electron chi connectivity index (χ0n) is 17.2. The predicted octanol–water partition coefficient (Wildman–Crippen LogP) is 1.77. The fraction of sp³-hybridized carbons (Fsp3) is 0.750. The smallest absolute Gasteiger partial charge is 0.191 e. The van der Waals surface area contributed by atoms with Crippen LogP contribution < -0.4 is 10.6 Å². The van der Waals surface area contributed by atoms with Gasteiger partial charge in [0.1, 0.15) is 0 Å². The minimum atomic E-state index is 0. The number of guanidine groups is 1. The molecule has 3 unspecified atom stereocenters. The molecule has 9 heteroatoms. The van der Waals surface area contributed by atoms with E-state index in [0.29, 0.717) is 12.1 Å². The van der Waals surface area contributed by atoms with Gasteiger partial charge < -0.3 is 20.1 Å². The molecule has 2 N–H and O–H groups in total. The van der Waals surface area contributed by atoms with Gasteiger partial charge in [-0.1, -0.05) is 6.07 Å². The monoisotopic (exact) mass is 535 g/mol. The Balaban J connectivity index is 0.00000240. The van der Waals surface area contributed by atoms with E-state index in [9.17, 15) is 0 Å². The second-order valence-electron chi connectivity index (χ2n) is 7.76. The van der Waals surface area contributed by atoms with Crippen molar-refractivity contribution in [2.45, 2.75) is 31.0 Å². The van der Waals surface area contributed by atoms with Crippen molar-refractivity contribution < 1.29 is 9.47 Å². The Morgan fingerprint density at radius 3 is 2.93 bits per heavy atom. The maximum atomic E-state index is 6.06. The molecule has 1 aromatic rings. The van der Waals surface area contributed by atoms with Crippen LogP contribution in [0.2, 0.25) is 0 Å². The highest BCUT2D eigenvalue weighted by molar-refractivity contribution is 14.0. The predicted molar refractivity (Wildman–Crippen MR) is 129 cm³/mol. The molecular formula is C20H34IN5O2S. The lowest BCUT2D eigenvalue weighted by Gasteiger charge is -2.36. The van der Waals surface area contributed by atoms with Crippen LogP contribution in [0.3, 0.4) is 0 Å². The summed E-state index contributed by atoms with van der Waals surface area (Å²) in [7, 11) is 1.84. The summed E-state index contributed by atoms with van der Waals surface area (Å²) in [6.07, 6.45) is 2.83. The number of hydrogen-bond donors (Lipinski definition) is 2. The second kappa shape index (κ2) is 11.8. The lowest BCUT2D eigenvalue weighted by Crippen LogP contribution is -2.52. The van der Waals surface area contributed by atoms with Gasteiger partial charge in [0.15, 0.2) is 5.96 Å². The number of ether oxygens (including phenoxy) is 2. The standard InChI is InChI=1S/C20H33N5O2S.HI/c1-21-20(22-12-17-14-25-6-2-4-16(25)15-27-17)23-13-18(19-5-3-11-28-19)24-7-9-26-10-8-24;/h3,5,11,16-18H,2,4,6-10,12-15H2,1H3,(H2,21,22,23);1H. The first-order valence-electron chi connectivity index (χ1n) is 10.5. The lowest BCUT2D eigenvalue weighted by molar-refractivity contribution is -0.0453. The molecule has 0 bridgehead atoms. The van der Waals surface area contributed by atoms with Gasteiger partial charge in [0, 0.05) is 50.7 Å². The van der Waals surface area contributed by atoms with Gasteiger partial charge in [0.05, 0.1) is 32.0 Å². The third kappa shape index (κ3) is 6.27. The van der Waals surface area contributed by atoms with Crippen molar-refractivity contribution in [3.05, 3.63) is 22.4 Å². The van der Waals surface area contributed by atoms with E-state index < -0.39 is 0 Å². The van der Waals surface area contributed by atoms with E-state index in [1.165, 1.54) is 24.3 Å². The third-order valence-electron chi connectivity index (χ3n) is 6.00. The number of hydrogen-bond acceptors (Lipinski definition) is 6. The molecule has 0 radical (unpaired) electrons. The van der Waals surface area contributed by atoms with E-state index in [1.54, 1.807) is 0 Å². The number of halogens is 1. The highest BCUT2D eigenvalue weighted by Crippen LogP contribution is 2.25. The number of nitrogens with one attached hydrogen (secondary N) is 2. The van der Waals surface area contributed by atoms with Crippen LogP contribution in [0.25, 0.3) is 0 Å². The molecule has 29 heavy (non-hydrogen) atoms. The summed E-state index contributed by atoms with van der Waals surface area (Å²) in [4.78, 5) is 10.9. The molecule has 0 spiro atoms. The summed E-state index contributed by atoms with van der Waals surface area (Å²) in [5.74, 6) is 0.849. The Morgan fingerprint density at radius 1 is 1.31 bits per heavy atom. The Bertz CT molecular complexity index is 626. The lowest BCUT2D eigenvalue weighted by atomic mass is 10.2. The molecule has 1 aromatic heterocycles. The first kappa shape index (κ1) is 23.2. The first-order valence-corrected chi connectivity index (χ1v) is 11.4. The fourth-order valence-electron chi connectivity index (χ4n) is 4.41. The first-order chi connectivity index (χ1) is 13.8. The van der Waals surface area contributed by atoms with Crippen LogP contribution in [-0.2, 0) is 9.47 Å². The van der Waals surface area contributed by atoms with Gasteiger partial charge in [0.2, 0.25) is 0 Å². The van der Waals surface area contributed by atoms with Crippen molar-refractivity contribution in [3.8, 4) is 0 Å². The summed E-state index contributed by atoms with van der Waals surface area (Å²) in [6.45, 7) is 8.32. The fourth-order valence-corrected chi connectivity index (χ4v) is 5.27. The largest absolute Gasteiger partial charge is 0.379 e. The molecule has 3 aliphatic heterocycles. The molecule has 3 atom stereocenters. The maximum Gasteiger partial charge on any atom is 0.191 e. The topological polar surface area (TPSA) is 61.4 Å². The summed E-state index contributed by atoms with van der Waals surface area (Å²) in [6, 6.07) is 5.35. The Hall–Kier alpha value is -0.460. The zero-order valence-corrected chi connectivity index (χ0v) is 20.4. The number of rotatable bonds is 6. The highest BCUT2D eigenvalue weighted by Gasteiger charge is 2.32. The number of fused-ring (bicyclic) bond motifs is 1. The van der Waals surface area contributed by atoms with Crippen LogP contribution in [0.5, 0.6) is 0 Å². The van der Waals surface area contributed by atoms with Gasteiger partial charge in [-0.2, -0.15) is 0 Å². The summed E-state index contributed by atoms with van der Waals surface area (Å²) in [5.41, 5.74) is 0. The SMILES string of the molecule is CN=C(NCC1CN2CCCC2CO1)NCC(c1cccs1)N1CCOCC1.I. The van der Waals surface area contributed by atoms with E-state index in [0.717, 1.165) is 58.5 Å². The van der Waals surface area contributed by atoms with Crippen molar-refractivity contribution in [3.63, 3.8) is 0 Å². The van der Waals surface area contributed by atoms with Crippen LogP contribution in [-0.4, -0.2) is 94.0 Å². The van der Waals surface area contributed by atoms with E-state index in [1.807, 2.05) is 18.4 Å². The number of nitrogens with zero attached hydrogens (tertiary/aromatic N) is 3. The van der Waals surface area contributed by atoms with E-state index in [2.05, 4.69) is 42.9 Å². The molecule has 3 saturated heterocycles. The minimum Gasteiger partial charge on any atom is -0.379 e. The van der Waals surface area contributed by atoms with Crippen molar-refractivity contribution in [2.24, 2.45) is 4.99 Å². The quantitative estimate of drug-likeness (QED) is 0.329. The molecule has 0 saturated carbocycles. The molecule has 0 amide bonds. The van der Waals surface area contributed by atoms with Crippen molar-refractivity contribution in [1.82, 2.24) is 20.4 Å². The van der Waals surface area contributed by atoms with Crippen molar-refractivity contribution in [2.75, 3.05) is 66.1 Å². The molecule has 4 rings (SSSR count). The molecule has 3 fully saturated rings. The molecule has 3 aliphatic rings. The average molecular weight is 535 g/mol. The summed E-state index contributed by atoms with van der Waals surface area (Å²) >= 11 is 1.82. The summed E-state index contributed by atoms with van der Waals surface area (Å²) < 4.78 is 11.6. The Labute approximate surface area is 195 Å². The average Bonchev–Trinajstić information content (AvgIpc) is 3.43. The summed E-state index contributed by atoms with van der Waals surface area (Å²) in [5, 5.41) is 9.16. The van der Waals surface area contributed by atoms with Gasteiger partial charge in [-0.3, -0.25) is 14.8 Å². The van der Waals surface area contributed by atoms with Gasteiger partial charge in [0.25, 0.3) is 0 Å². The normalized spacial score (nSPS) is 27.1. The molecule has 4 heterocycles. The van der Waals surface area contributed by atoms with Gasteiger partial charge in [-0.15, -0.1) is 35.3 Å². The van der Waals surface area contributed by atoms with Gasteiger partial charge in [-0.05, 0) is 30.8 Å². The van der Waals surface area contributed by atoms with E-state index >= 15 is 0 Å². The maximum absolute atomic E-state index is 6.06. The molecule has 0 aliphatic carbocycles. The van der Waals surface area contributed by atoms with Crippen LogP contribution in [0.15, 0.2) is 22.5 Å². The van der Waals surface area contributed by atoms with E-state index in [-0.39, 0.29) is 30.1 Å². The number of aliphatic imine (C=N–C) groups is 1. The Morgan fingerprint density at radius 2 is 2.17 bits per heavy atom. The molecule has 0 aromatic carbocycles.